The van der Waals surface area contributed by atoms with Crippen LogP contribution in [-0.2, 0) is 9.53 Å². The molecule has 3 aliphatic heterocycles. The van der Waals surface area contributed by atoms with Crippen molar-refractivity contribution in [1.29, 1.82) is 0 Å². The zero-order chi connectivity index (χ0) is 16.4. The Labute approximate surface area is 142 Å². The van der Waals surface area contributed by atoms with Gasteiger partial charge >= 0.3 is 0 Å². The lowest BCUT2D eigenvalue weighted by Gasteiger charge is -2.37. The second-order valence-electron chi connectivity index (χ2n) is 6.72. The molecule has 1 aromatic carbocycles. The van der Waals surface area contributed by atoms with Crippen LogP contribution in [0.5, 0.6) is 11.5 Å². The normalized spacial score (nSPS) is 27.2. The number of para-hydroxylation sites is 2. The first kappa shape index (κ1) is 15.7. The highest BCUT2D eigenvalue weighted by atomic mass is 16.6. The van der Waals surface area contributed by atoms with E-state index in [-0.39, 0.29) is 12.5 Å². The van der Waals surface area contributed by atoms with Gasteiger partial charge in [0.1, 0.15) is 6.61 Å². The van der Waals surface area contributed by atoms with Gasteiger partial charge in [-0.05, 0) is 24.5 Å². The second kappa shape index (κ2) is 6.99. The highest BCUT2D eigenvalue weighted by Crippen LogP contribution is 2.31. The Morgan fingerprint density at radius 1 is 1.08 bits per heavy atom. The molecule has 130 valence electrons. The molecule has 0 spiro atoms. The van der Waals surface area contributed by atoms with Gasteiger partial charge in [0.25, 0.3) is 5.91 Å². The SMILES string of the molecule is O=C(C1COc2ccccc2O1)N1CCN(CC2CCOC2)CC1. The van der Waals surface area contributed by atoms with Gasteiger partial charge in [0.15, 0.2) is 11.5 Å². The monoisotopic (exact) mass is 332 g/mol. The number of fused-ring (bicyclic) bond motifs is 1. The average Bonchev–Trinajstić information content (AvgIpc) is 3.14. The lowest BCUT2D eigenvalue weighted by Crippen LogP contribution is -2.54. The number of rotatable bonds is 3. The molecule has 6 nitrogen and oxygen atoms in total. The first-order valence-electron chi connectivity index (χ1n) is 8.77. The van der Waals surface area contributed by atoms with Gasteiger partial charge in [-0.15, -0.1) is 0 Å². The van der Waals surface area contributed by atoms with Gasteiger partial charge in [0.05, 0.1) is 6.61 Å². The summed E-state index contributed by atoms with van der Waals surface area (Å²) >= 11 is 0. The molecule has 4 rings (SSSR count). The molecule has 3 heterocycles. The molecule has 2 atom stereocenters. The Morgan fingerprint density at radius 3 is 2.62 bits per heavy atom. The van der Waals surface area contributed by atoms with E-state index in [0.29, 0.717) is 17.4 Å². The van der Waals surface area contributed by atoms with Gasteiger partial charge in [0.2, 0.25) is 6.10 Å². The van der Waals surface area contributed by atoms with Crippen LogP contribution in [0.25, 0.3) is 0 Å². The predicted octanol–water partition coefficient (Wildman–Crippen LogP) is 1.01. The number of carbonyl (C=O) groups is 1. The number of hydrogen-bond donors (Lipinski definition) is 0. The summed E-state index contributed by atoms with van der Waals surface area (Å²) in [6.07, 6.45) is 0.626. The maximum atomic E-state index is 12.7. The summed E-state index contributed by atoms with van der Waals surface area (Å²) in [5, 5.41) is 0. The quantitative estimate of drug-likeness (QED) is 0.827. The third-order valence-electron chi connectivity index (χ3n) is 5.01. The Morgan fingerprint density at radius 2 is 1.88 bits per heavy atom. The van der Waals surface area contributed by atoms with Crippen molar-refractivity contribution < 1.29 is 19.0 Å². The summed E-state index contributed by atoms with van der Waals surface area (Å²) in [5.74, 6) is 2.05. The van der Waals surface area contributed by atoms with Gasteiger partial charge in [-0.2, -0.15) is 0 Å². The van der Waals surface area contributed by atoms with Gasteiger partial charge in [-0.1, -0.05) is 12.1 Å². The summed E-state index contributed by atoms with van der Waals surface area (Å²) in [7, 11) is 0. The number of amides is 1. The number of benzene rings is 1. The summed E-state index contributed by atoms with van der Waals surface area (Å²) in [5.41, 5.74) is 0. The van der Waals surface area contributed by atoms with E-state index in [2.05, 4.69) is 4.90 Å². The minimum absolute atomic E-state index is 0.0355. The Hall–Kier alpha value is -1.79. The van der Waals surface area contributed by atoms with Crippen molar-refractivity contribution in [3.8, 4) is 11.5 Å². The van der Waals surface area contributed by atoms with Crippen molar-refractivity contribution in [1.82, 2.24) is 9.80 Å². The topological polar surface area (TPSA) is 51.2 Å². The van der Waals surface area contributed by atoms with Crippen LogP contribution < -0.4 is 9.47 Å². The van der Waals surface area contributed by atoms with E-state index < -0.39 is 6.10 Å². The number of nitrogens with zero attached hydrogens (tertiary/aromatic N) is 2. The van der Waals surface area contributed by atoms with Crippen LogP contribution in [0.1, 0.15) is 6.42 Å². The molecule has 0 N–H and O–H groups in total. The Bertz CT molecular complexity index is 580. The third-order valence-corrected chi connectivity index (χ3v) is 5.01. The van der Waals surface area contributed by atoms with Crippen molar-refractivity contribution in [2.24, 2.45) is 5.92 Å². The van der Waals surface area contributed by atoms with Crippen molar-refractivity contribution in [3.63, 3.8) is 0 Å². The van der Waals surface area contributed by atoms with Gasteiger partial charge in [-0.25, -0.2) is 0 Å². The molecule has 24 heavy (non-hydrogen) atoms. The molecule has 2 fully saturated rings. The van der Waals surface area contributed by atoms with Gasteiger partial charge < -0.3 is 19.1 Å². The van der Waals surface area contributed by atoms with Crippen LogP contribution in [0, 0.1) is 5.92 Å². The van der Waals surface area contributed by atoms with Crippen molar-refractivity contribution in [3.05, 3.63) is 24.3 Å². The Balaban J connectivity index is 1.29. The van der Waals surface area contributed by atoms with Crippen LogP contribution >= 0.6 is 0 Å². The smallest absolute Gasteiger partial charge is 0.267 e. The number of piperazine rings is 1. The highest BCUT2D eigenvalue weighted by molar-refractivity contribution is 5.82. The first-order chi connectivity index (χ1) is 11.8. The van der Waals surface area contributed by atoms with Crippen LogP contribution in [0.4, 0.5) is 0 Å². The molecule has 0 bridgehead atoms. The Kier molecular flexibility index (Phi) is 4.58. The van der Waals surface area contributed by atoms with E-state index in [0.717, 1.165) is 52.4 Å². The highest BCUT2D eigenvalue weighted by Gasteiger charge is 2.33. The maximum Gasteiger partial charge on any atom is 0.267 e. The van der Waals surface area contributed by atoms with E-state index in [4.69, 9.17) is 14.2 Å². The zero-order valence-corrected chi connectivity index (χ0v) is 13.9. The molecular weight excluding hydrogens is 308 g/mol. The molecule has 0 radical (unpaired) electrons. The van der Waals surface area contributed by atoms with Crippen molar-refractivity contribution >= 4 is 5.91 Å². The summed E-state index contributed by atoms with van der Waals surface area (Å²) in [6.45, 7) is 6.50. The predicted molar refractivity (Wildman–Crippen MR) is 88.3 cm³/mol. The summed E-state index contributed by atoms with van der Waals surface area (Å²) in [6, 6.07) is 7.50. The van der Waals surface area contributed by atoms with Gasteiger partial charge in [0, 0.05) is 39.3 Å². The summed E-state index contributed by atoms with van der Waals surface area (Å²) < 4.78 is 16.9. The summed E-state index contributed by atoms with van der Waals surface area (Å²) in [4.78, 5) is 17.0. The number of ether oxygens (including phenoxy) is 3. The second-order valence-corrected chi connectivity index (χ2v) is 6.72. The number of carbonyl (C=O) groups excluding carboxylic acids is 1. The molecular formula is C18H24N2O4. The fourth-order valence-corrected chi connectivity index (χ4v) is 3.59. The van der Waals surface area contributed by atoms with Crippen molar-refractivity contribution in [2.75, 3.05) is 52.5 Å². The van der Waals surface area contributed by atoms with E-state index in [9.17, 15) is 4.79 Å². The molecule has 0 aliphatic carbocycles. The van der Waals surface area contributed by atoms with Crippen LogP contribution in [0.3, 0.4) is 0 Å². The molecule has 0 saturated carbocycles. The number of hydrogen-bond acceptors (Lipinski definition) is 5. The van der Waals surface area contributed by atoms with Crippen LogP contribution in [-0.4, -0.2) is 74.4 Å². The van der Waals surface area contributed by atoms with E-state index >= 15 is 0 Å². The third kappa shape index (κ3) is 3.35. The fourth-order valence-electron chi connectivity index (χ4n) is 3.59. The first-order valence-corrected chi connectivity index (χ1v) is 8.77. The van der Waals surface area contributed by atoms with Crippen molar-refractivity contribution in [2.45, 2.75) is 12.5 Å². The van der Waals surface area contributed by atoms with Crippen LogP contribution in [0.2, 0.25) is 0 Å². The maximum absolute atomic E-state index is 12.7. The van der Waals surface area contributed by atoms with E-state index in [1.54, 1.807) is 0 Å². The standard InChI is InChI=1S/C18H24N2O4/c21-18(17-13-23-15-3-1-2-4-16(15)24-17)20-8-6-19(7-9-20)11-14-5-10-22-12-14/h1-4,14,17H,5-13H2. The largest absolute Gasteiger partial charge is 0.485 e. The van der Waals surface area contributed by atoms with E-state index in [1.165, 1.54) is 0 Å². The molecule has 1 aromatic rings. The minimum atomic E-state index is -0.533. The van der Waals surface area contributed by atoms with Crippen LogP contribution in [0.15, 0.2) is 24.3 Å². The molecule has 2 unspecified atom stereocenters. The molecule has 1 amide bonds. The lowest BCUT2D eigenvalue weighted by molar-refractivity contribution is -0.143. The lowest BCUT2D eigenvalue weighted by atomic mass is 10.1. The average molecular weight is 332 g/mol. The molecule has 2 saturated heterocycles. The molecule has 0 aromatic heterocycles. The van der Waals surface area contributed by atoms with E-state index in [1.807, 2.05) is 29.2 Å². The fraction of sp³-hybridized carbons (Fsp3) is 0.611. The van der Waals surface area contributed by atoms with Gasteiger partial charge in [-0.3, -0.25) is 9.69 Å². The molecule has 6 heteroatoms. The molecule has 3 aliphatic rings. The minimum Gasteiger partial charge on any atom is -0.485 e. The zero-order valence-electron chi connectivity index (χ0n) is 13.9.